The van der Waals surface area contributed by atoms with Crippen molar-refractivity contribution in [1.29, 1.82) is 0 Å². The fourth-order valence-electron chi connectivity index (χ4n) is 2.31. The molecule has 2 amide bonds. The average Bonchev–Trinajstić information content (AvgIpc) is 2.87. The van der Waals surface area contributed by atoms with E-state index in [2.05, 4.69) is 10.6 Å². The molecule has 2 rings (SSSR count). The molecule has 0 spiro atoms. The fourth-order valence-corrected chi connectivity index (χ4v) is 3.98. The van der Waals surface area contributed by atoms with Crippen LogP contribution in [0.4, 0.5) is 8.78 Å². The van der Waals surface area contributed by atoms with E-state index < -0.39 is 45.4 Å². The molecule has 0 radical (unpaired) electrons. The number of carbonyl (C=O) groups excluding carboxylic acids is 2. The highest BCUT2D eigenvalue weighted by atomic mass is 32.2. The Labute approximate surface area is 143 Å². The molecule has 1 saturated heterocycles. The van der Waals surface area contributed by atoms with Crippen molar-refractivity contribution in [3.05, 3.63) is 29.8 Å². The summed E-state index contributed by atoms with van der Waals surface area (Å²) in [6.45, 7) is 1.04. The van der Waals surface area contributed by atoms with Crippen LogP contribution in [0.1, 0.15) is 13.3 Å². The summed E-state index contributed by atoms with van der Waals surface area (Å²) >= 11 is 0. The van der Waals surface area contributed by atoms with Gasteiger partial charge in [-0.3, -0.25) is 9.59 Å². The summed E-state index contributed by atoms with van der Waals surface area (Å²) in [4.78, 5) is 23.6. The van der Waals surface area contributed by atoms with Gasteiger partial charge in [-0.15, -0.1) is 0 Å². The predicted molar refractivity (Wildman–Crippen MR) is 84.7 cm³/mol. The highest BCUT2D eigenvalue weighted by Crippen LogP contribution is 2.16. The molecule has 1 aromatic carbocycles. The minimum Gasteiger partial charge on any atom is -0.481 e. The molecule has 25 heavy (non-hydrogen) atoms. The van der Waals surface area contributed by atoms with Crippen molar-refractivity contribution in [2.24, 2.45) is 0 Å². The standard InChI is InChI=1S/C15H18F2N2O5S/c1-9(24-11-2-3-12(16)13(17)6-11)15(21)18-7-14(20)19-10-4-5-25(22,23)8-10/h2-3,6,9-10H,4-5,7-8H2,1H3,(H,18,21)(H,19,20)/t9-,10+/m0/s1. The SMILES string of the molecule is C[C@H](Oc1ccc(F)c(F)c1)C(=O)NCC(=O)N[C@@H]1CCS(=O)(=O)C1. The first-order valence-electron chi connectivity index (χ1n) is 7.55. The second kappa shape index (κ2) is 7.77. The molecule has 10 heteroatoms. The van der Waals surface area contributed by atoms with E-state index in [0.717, 1.165) is 12.1 Å². The molecule has 0 unspecified atom stereocenters. The monoisotopic (exact) mass is 376 g/mol. The molecule has 2 N–H and O–H groups in total. The maximum absolute atomic E-state index is 13.1. The van der Waals surface area contributed by atoms with Crippen molar-refractivity contribution in [3.8, 4) is 5.75 Å². The summed E-state index contributed by atoms with van der Waals surface area (Å²) in [5.41, 5.74) is 0. The lowest BCUT2D eigenvalue weighted by atomic mass is 10.2. The lowest BCUT2D eigenvalue weighted by Gasteiger charge is -2.15. The normalized spacial score (nSPS) is 19.9. The van der Waals surface area contributed by atoms with Gasteiger partial charge in [0.15, 0.2) is 27.6 Å². The smallest absolute Gasteiger partial charge is 0.261 e. The summed E-state index contributed by atoms with van der Waals surface area (Å²) in [6.07, 6.45) is -0.693. The molecule has 0 saturated carbocycles. The number of nitrogens with one attached hydrogen (secondary N) is 2. The van der Waals surface area contributed by atoms with E-state index in [1.165, 1.54) is 13.0 Å². The van der Waals surface area contributed by atoms with Crippen LogP contribution in [0, 0.1) is 11.6 Å². The maximum Gasteiger partial charge on any atom is 0.261 e. The van der Waals surface area contributed by atoms with Crippen LogP contribution in [0.5, 0.6) is 5.75 Å². The minimum absolute atomic E-state index is 0.0258. The number of hydrogen-bond donors (Lipinski definition) is 2. The molecule has 1 aromatic rings. The fraction of sp³-hybridized carbons (Fsp3) is 0.467. The zero-order valence-electron chi connectivity index (χ0n) is 13.4. The molecule has 138 valence electrons. The first-order valence-corrected chi connectivity index (χ1v) is 9.37. The van der Waals surface area contributed by atoms with Crippen LogP contribution in [0.3, 0.4) is 0 Å². The maximum atomic E-state index is 13.1. The molecule has 1 aliphatic rings. The van der Waals surface area contributed by atoms with Gasteiger partial charge in [-0.25, -0.2) is 17.2 Å². The summed E-state index contributed by atoms with van der Waals surface area (Å²) in [5, 5.41) is 4.86. The van der Waals surface area contributed by atoms with Crippen LogP contribution < -0.4 is 15.4 Å². The second-order valence-electron chi connectivity index (χ2n) is 5.72. The Morgan fingerprint density at radius 2 is 2.04 bits per heavy atom. The van der Waals surface area contributed by atoms with Crippen molar-refractivity contribution in [2.75, 3.05) is 18.1 Å². The zero-order chi connectivity index (χ0) is 18.6. The number of ether oxygens (including phenoxy) is 1. The number of hydrogen-bond acceptors (Lipinski definition) is 5. The van der Waals surface area contributed by atoms with Gasteiger partial charge in [0, 0.05) is 12.1 Å². The topological polar surface area (TPSA) is 102 Å². The third kappa shape index (κ3) is 5.66. The summed E-state index contributed by atoms with van der Waals surface area (Å²) < 4.78 is 53.7. The number of halogens is 2. The molecular formula is C15H18F2N2O5S. The number of carbonyl (C=O) groups is 2. The third-order valence-electron chi connectivity index (χ3n) is 3.59. The Balaban J connectivity index is 1.77. The van der Waals surface area contributed by atoms with Gasteiger partial charge in [-0.05, 0) is 25.5 Å². The Bertz CT molecular complexity index is 769. The number of sulfone groups is 1. The van der Waals surface area contributed by atoms with Gasteiger partial charge in [0.25, 0.3) is 5.91 Å². The van der Waals surface area contributed by atoms with Crippen molar-refractivity contribution in [2.45, 2.75) is 25.5 Å². The first-order chi connectivity index (χ1) is 11.7. The Morgan fingerprint density at radius 1 is 1.32 bits per heavy atom. The van der Waals surface area contributed by atoms with Gasteiger partial charge in [0.2, 0.25) is 5.91 Å². The summed E-state index contributed by atoms with van der Waals surface area (Å²) in [5.74, 6) is -3.38. The number of rotatable bonds is 6. The van der Waals surface area contributed by atoms with E-state index >= 15 is 0 Å². The first kappa shape index (κ1) is 19.1. The van der Waals surface area contributed by atoms with E-state index in [1.807, 2.05) is 0 Å². The van der Waals surface area contributed by atoms with E-state index in [0.29, 0.717) is 6.42 Å². The Hall–Kier alpha value is -2.23. The van der Waals surface area contributed by atoms with Gasteiger partial charge in [0.1, 0.15) is 5.75 Å². The van der Waals surface area contributed by atoms with Crippen LogP contribution in [-0.4, -0.2) is 50.4 Å². The molecule has 1 heterocycles. The minimum atomic E-state index is -3.11. The third-order valence-corrected chi connectivity index (χ3v) is 5.36. The quantitative estimate of drug-likeness (QED) is 0.736. The Kier molecular flexibility index (Phi) is 5.93. The van der Waals surface area contributed by atoms with Gasteiger partial charge in [0.05, 0.1) is 18.1 Å². The summed E-state index contributed by atoms with van der Waals surface area (Å²) in [7, 11) is -3.11. The van der Waals surface area contributed by atoms with E-state index in [4.69, 9.17) is 4.74 Å². The van der Waals surface area contributed by atoms with Gasteiger partial charge < -0.3 is 15.4 Å². The van der Waals surface area contributed by atoms with Crippen LogP contribution in [0.25, 0.3) is 0 Å². The Morgan fingerprint density at radius 3 is 2.64 bits per heavy atom. The molecule has 2 atom stereocenters. The highest BCUT2D eigenvalue weighted by Gasteiger charge is 2.29. The average molecular weight is 376 g/mol. The molecule has 1 fully saturated rings. The summed E-state index contributed by atoms with van der Waals surface area (Å²) in [6, 6.07) is 2.41. The molecule has 0 aromatic heterocycles. The molecule has 0 bridgehead atoms. The largest absolute Gasteiger partial charge is 0.481 e. The predicted octanol–water partition coefficient (Wildman–Crippen LogP) is 0.152. The van der Waals surface area contributed by atoms with Crippen LogP contribution in [0.15, 0.2) is 18.2 Å². The lowest BCUT2D eigenvalue weighted by Crippen LogP contribution is -2.45. The van der Waals surface area contributed by atoms with Gasteiger partial charge in [-0.1, -0.05) is 0 Å². The molecule has 1 aliphatic heterocycles. The molecule has 0 aliphatic carbocycles. The lowest BCUT2D eigenvalue weighted by molar-refractivity contribution is -0.130. The van der Waals surface area contributed by atoms with Crippen LogP contribution >= 0.6 is 0 Å². The molecular weight excluding hydrogens is 358 g/mol. The van der Waals surface area contributed by atoms with Gasteiger partial charge in [-0.2, -0.15) is 0 Å². The van der Waals surface area contributed by atoms with Crippen LogP contribution in [0.2, 0.25) is 0 Å². The van der Waals surface area contributed by atoms with Crippen molar-refractivity contribution >= 4 is 21.7 Å². The molecule has 7 nitrogen and oxygen atoms in total. The van der Waals surface area contributed by atoms with E-state index in [9.17, 15) is 26.8 Å². The number of benzene rings is 1. The van der Waals surface area contributed by atoms with Crippen LogP contribution in [-0.2, 0) is 19.4 Å². The van der Waals surface area contributed by atoms with Crippen molar-refractivity contribution < 1.29 is 31.5 Å². The second-order valence-corrected chi connectivity index (χ2v) is 7.95. The highest BCUT2D eigenvalue weighted by molar-refractivity contribution is 7.91. The van der Waals surface area contributed by atoms with E-state index in [-0.39, 0.29) is 23.8 Å². The van der Waals surface area contributed by atoms with E-state index in [1.54, 1.807) is 0 Å². The number of amides is 2. The van der Waals surface area contributed by atoms with Gasteiger partial charge >= 0.3 is 0 Å². The van der Waals surface area contributed by atoms with Crippen molar-refractivity contribution in [3.63, 3.8) is 0 Å². The zero-order valence-corrected chi connectivity index (χ0v) is 14.2. The van der Waals surface area contributed by atoms with Crippen molar-refractivity contribution in [1.82, 2.24) is 10.6 Å².